The quantitative estimate of drug-likeness (QED) is 0.487. The monoisotopic (exact) mass is 410 g/mol. The molecule has 0 atom stereocenters. The fourth-order valence-corrected chi connectivity index (χ4v) is 3.76. The van der Waals surface area contributed by atoms with Crippen molar-refractivity contribution in [3.8, 4) is 11.5 Å². The van der Waals surface area contributed by atoms with Crippen molar-refractivity contribution in [2.45, 2.75) is 26.3 Å². The van der Waals surface area contributed by atoms with E-state index in [0.29, 0.717) is 16.9 Å². The highest BCUT2D eigenvalue weighted by Crippen LogP contribution is 2.37. The Morgan fingerprint density at radius 1 is 1.11 bits per heavy atom. The third-order valence-electron chi connectivity index (χ3n) is 3.99. The molecule has 0 aliphatic heterocycles. The normalized spacial score (nSPS) is 11.5. The number of hydrogen-bond acceptors (Lipinski definition) is 5. The van der Waals surface area contributed by atoms with Crippen molar-refractivity contribution in [3.05, 3.63) is 58.5 Å². The van der Waals surface area contributed by atoms with Crippen LogP contribution in [0.3, 0.4) is 0 Å². The molecular formula is C20H17F3O4S. The number of carbonyl (C=O) groups is 1. The minimum Gasteiger partial charge on any atom is -0.486 e. The van der Waals surface area contributed by atoms with Gasteiger partial charge in [0.05, 0.1) is 11.8 Å². The van der Waals surface area contributed by atoms with E-state index in [1.165, 1.54) is 42.7 Å². The number of halogens is 3. The Morgan fingerprint density at radius 2 is 1.82 bits per heavy atom. The highest BCUT2D eigenvalue weighted by molar-refractivity contribution is 7.19. The van der Waals surface area contributed by atoms with Gasteiger partial charge in [0.15, 0.2) is 5.75 Å². The fraction of sp³-hybridized carbons (Fsp3) is 0.250. The zero-order valence-corrected chi connectivity index (χ0v) is 15.9. The summed E-state index contributed by atoms with van der Waals surface area (Å²) in [6.07, 6.45) is -3.88. The van der Waals surface area contributed by atoms with Crippen LogP contribution in [-0.4, -0.2) is 19.4 Å². The number of hydrogen-bond donors (Lipinski definition) is 0. The summed E-state index contributed by atoms with van der Waals surface area (Å²) in [5, 5.41) is 0.957. The summed E-state index contributed by atoms with van der Waals surface area (Å²) in [6, 6.07) is 10.9. The third kappa shape index (κ3) is 4.56. The molecule has 28 heavy (non-hydrogen) atoms. The third-order valence-corrected chi connectivity index (χ3v) is 5.28. The van der Waals surface area contributed by atoms with Crippen LogP contribution in [0.1, 0.15) is 27.7 Å². The van der Waals surface area contributed by atoms with Crippen molar-refractivity contribution in [2.75, 3.05) is 7.11 Å². The first-order valence-corrected chi connectivity index (χ1v) is 9.23. The Bertz CT molecular complexity index is 978. The maximum atomic E-state index is 12.3. The molecule has 0 aliphatic carbocycles. The first-order valence-electron chi connectivity index (χ1n) is 8.42. The average molecular weight is 410 g/mol. The standard InChI is InChI=1S/C20H17F3O4S/c1-3-15-10-13-6-9-16(19(24)25-2)17(18(13)28-15)26-11-12-4-7-14(8-5-12)27-20(21,22)23/h4-10H,3,11H2,1-2H3. The highest BCUT2D eigenvalue weighted by atomic mass is 32.1. The molecule has 8 heteroatoms. The lowest BCUT2D eigenvalue weighted by Gasteiger charge is -2.12. The van der Waals surface area contributed by atoms with Gasteiger partial charge in [0.1, 0.15) is 17.9 Å². The van der Waals surface area contributed by atoms with E-state index in [4.69, 9.17) is 9.47 Å². The van der Waals surface area contributed by atoms with E-state index < -0.39 is 12.3 Å². The molecule has 1 heterocycles. The lowest BCUT2D eigenvalue weighted by molar-refractivity contribution is -0.274. The Morgan fingerprint density at radius 3 is 2.43 bits per heavy atom. The summed E-state index contributed by atoms with van der Waals surface area (Å²) in [4.78, 5) is 13.3. The molecule has 0 spiro atoms. The van der Waals surface area contributed by atoms with Crippen LogP contribution in [0.15, 0.2) is 42.5 Å². The molecule has 0 amide bonds. The number of carbonyl (C=O) groups excluding carboxylic acids is 1. The van der Waals surface area contributed by atoms with Crippen molar-refractivity contribution in [2.24, 2.45) is 0 Å². The van der Waals surface area contributed by atoms with Crippen molar-refractivity contribution in [1.29, 1.82) is 0 Å². The first-order chi connectivity index (χ1) is 13.3. The molecule has 0 unspecified atom stereocenters. The number of thiophene rings is 1. The lowest BCUT2D eigenvalue weighted by atomic mass is 10.1. The van der Waals surface area contributed by atoms with Crippen LogP contribution in [0.5, 0.6) is 11.5 Å². The van der Waals surface area contributed by atoms with E-state index in [9.17, 15) is 18.0 Å². The number of methoxy groups -OCH3 is 1. The van der Waals surface area contributed by atoms with Crippen LogP contribution in [-0.2, 0) is 17.8 Å². The van der Waals surface area contributed by atoms with Gasteiger partial charge in [-0.05, 0) is 41.6 Å². The topological polar surface area (TPSA) is 44.8 Å². The van der Waals surface area contributed by atoms with Crippen LogP contribution in [0.25, 0.3) is 10.1 Å². The summed E-state index contributed by atoms with van der Waals surface area (Å²) >= 11 is 1.53. The van der Waals surface area contributed by atoms with Crippen LogP contribution in [0.2, 0.25) is 0 Å². The van der Waals surface area contributed by atoms with Gasteiger partial charge in [0, 0.05) is 4.88 Å². The van der Waals surface area contributed by atoms with Gasteiger partial charge in [-0.15, -0.1) is 24.5 Å². The van der Waals surface area contributed by atoms with Gasteiger partial charge in [0.25, 0.3) is 0 Å². The summed E-state index contributed by atoms with van der Waals surface area (Å²) in [6.45, 7) is 2.12. The van der Waals surface area contributed by atoms with Gasteiger partial charge < -0.3 is 14.2 Å². The second-order valence-electron chi connectivity index (χ2n) is 5.90. The molecular weight excluding hydrogens is 393 g/mol. The molecule has 3 rings (SSSR count). The second-order valence-corrected chi connectivity index (χ2v) is 7.04. The average Bonchev–Trinajstić information content (AvgIpc) is 3.09. The maximum absolute atomic E-state index is 12.3. The Kier molecular flexibility index (Phi) is 5.79. The lowest BCUT2D eigenvalue weighted by Crippen LogP contribution is -2.17. The Balaban J connectivity index is 1.86. The molecule has 0 saturated carbocycles. The maximum Gasteiger partial charge on any atom is 0.573 e. The van der Waals surface area contributed by atoms with E-state index in [0.717, 1.165) is 21.4 Å². The van der Waals surface area contributed by atoms with E-state index in [1.54, 1.807) is 6.07 Å². The fourth-order valence-electron chi connectivity index (χ4n) is 2.66. The van der Waals surface area contributed by atoms with Gasteiger partial charge in [-0.25, -0.2) is 4.79 Å². The molecule has 2 aromatic carbocycles. The van der Waals surface area contributed by atoms with Gasteiger partial charge in [0.2, 0.25) is 0 Å². The zero-order chi connectivity index (χ0) is 20.3. The largest absolute Gasteiger partial charge is 0.573 e. The summed E-state index contributed by atoms with van der Waals surface area (Å²) in [7, 11) is 1.29. The Labute approximate surface area is 163 Å². The van der Waals surface area contributed by atoms with Crippen LogP contribution >= 0.6 is 11.3 Å². The second kappa shape index (κ2) is 8.10. The number of aryl methyl sites for hydroxylation is 1. The van der Waals surface area contributed by atoms with Crippen molar-refractivity contribution >= 4 is 27.4 Å². The minimum atomic E-state index is -4.74. The molecule has 3 aromatic rings. The van der Waals surface area contributed by atoms with Crippen LogP contribution < -0.4 is 9.47 Å². The molecule has 4 nitrogen and oxygen atoms in total. The van der Waals surface area contributed by atoms with Gasteiger partial charge >= 0.3 is 12.3 Å². The molecule has 0 bridgehead atoms. The van der Waals surface area contributed by atoms with Crippen molar-refractivity contribution in [1.82, 2.24) is 0 Å². The smallest absolute Gasteiger partial charge is 0.486 e. The Hall–Kier alpha value is -2.74. The number of ether oxygens (including phenoxy) is 3. The van der Waals surface area contributed by atoms with Crippen molar-refractivity contribution < 1.29 is 32.2 Å². The predicted octanol–water partition coefficient (Wildman–Crippen LogP) is 5.73. The SMILES string of the molecule is CCc1cc2ccc(C(=O)OC)c(OCc3ccc(OC(F)(F)F)cc3)c2s1. The number of fused-ring (bicyclic) bond motifs is 1. The van der Waals surface area contributed by atoms with Crippen LogP contribution in [0, 0.1) is 0 Å². The summed E-state index contributed by atoms with van der Waals surface area (Å²) < 4.78 is 52.2. The van der Waals surface area contributed by atoms with Crippen LogP contribution in [0.4, 0.5) is 13.2 Å². The molecule has 0 saturated heterocycles. The van der Waals surface area contributed by atoms with Gasteiger partial charge in [-0.3, -0.25) is 0 Å². The van der Waals surface area contributed by atoms with E-state index in [2.05, 4.69) is 4.74 Å². The molecule has 0 fully saturated rings. The molecule has 0 radical (unpaired) electrons. The van der Waals surface area contributed by atoms with Crippen molar-refractivity contribution in [3.63, 3.8) is 0 Å². The van der Waals surface area contributed by atoms with E-state index >= 15 is 0 Å². The molecule has 1 aromatic heterocycles. The van der Waals surface area contributed by atoms with E-state index in [-0.39, 0.29) is 12.4 Å². The summed E-state index contributed by atoms with van der Waals surface area (Å²) in [5.41, 5.74) is 0.936. The summed E-state index contributed by atoms with van der Waals surface area (Å²) in [5.74, 6) is -0.415. The molecule has 0 N–H and O–H groups in total. The van der Waals surface area contributed by atoms with Gasteiger partial charge in [-0.2, -0.15) is 0 Å². The highest BCUT2D eigenvalue weighted by Gasteiger charge is 2.31. The molecule has 0 aliphatic rings. The predicted molar refractivity (Wildman–Crippen MR) is 100.0 cm³/mol. The minimum absolute atomic E-state index is 0.0781. The zero-order valence-electron chi connectivity index (χ0n) is 15.1. The van der Waals surface area contributed by atoms with Gasteiger partial charge in [-0.1, -0.05) is 25.1 Å². The molecule has 148 valence electrons. The number of rotatable bonds is 6. The number of benzene rings is 2. The van der Waals surface area contributed by atoms with E-state index in [1.807, 2.05) is 19.1 Å². The first kappa shape index (κ1) is 20.0. The number of alkyl halides is 3. The number of esters is 1.